The highest BCUT2D eigenvalue weighted by Gasteiger charge is 2.13. The van der Waals surface area contributed by atoms with Crippen molar-refractivity contribution in [3.05, 3.63) is 58.1 Å². The average molecular weight is 390 g/mol. The van der Waals surface area contributed by atoms with Crippen LogP contribution in [0.1, 0.15) is 15.9 Å². The number of hydrogen-bond donors (Lipinski definition) is 3. The normalized spacial score (nSPS) is 10.5. The van der Waals surface area contributed by atoms with Crippen LogP contribution in [0.5, 0.6) is 0 Å². The Labute approximate surface area is 144 Å². The molecule has 8 heteroatoms. The lowest BCUT2D eigenvalue weighted by Crippen LogP contribution is -2.14. The molecule has 0 aliphatic carbocycles. The van der Waals surface area contributed by atoms with Gasteiger partial charge >= 0.3 is 12.1 Å². The fraction of sp³-hybridized carbons (Fsp3) is 0.0625. The molecule has 3 aromatic rings. The number of benzene rings is 2. The lowest BCUT2D eigenvalue weighted by Gasteiger charge is -2.04. The van der Waals surface area contributed by atoms with Crippen LogP contribution < -0.4 is 5.32 Å². The SMILES string of the molecule is O=C(Nc1nc2c(Br)cc(C(=O)O)cc2[nH]1)OCc1ccccc1. The van der Waals surface area contributed by atoms with Crippen molar-refractivity contribution < 1.29 is 19.4 Å². The first-order valence-corrected chi connectivity index (χ1v) is 7.72. The number of amides is 1. The van der Waals surface area contributed by atoms with Crippen molar-refractivity contribution in [1.82, 2.24) is 9.97 Å². The van der Waals surface area contributed by atoms with Crippen LogP contribution in [-0.2, 0) is 11.3 Å². The summed E-state index contributed by atoms with van der Waals surface area (Å²) < 4.78 is 5.62. The van der Waals surface area contributed by atoms with E-state index in [0.717, 1.165) is 5.56 Å². The third kappa shape index (κ3) is 3.54. The molecule has 0 radical (unpaired) electrons. The third-order valence-electron chi connectivity index (χ3n) is 3.22. The number of hydrogen-bond acceptors (Lipinski definition) is 4. The molecule has 0 aliphatic rings. The third-order valence-corrected chi connectivity index (χ3v) is 3.82. The summed E-state index contributed by atoms with van der Waals surface area (Å²) >= 11 is 3.27. The Morgan fingerprint density at radius 2 is 2.00 bits per heavy atom. The Hall–Kier alpha value is -2.87. The number of nitrogens with one attached hydrogen (secondary N) is 2. The zero-order valence-corrected chi connectivity index (χ0v) is 13.8. The molecule has 0 atom stereocenters. The molecule has 0 aliphatic heterocycles. The molecule has 0 spiro atoms. The minimum absolute atomic E-state index is 0.108. The quantitative estimate of drug-likeness (QED) is 0.629. The zero-order chi connectivity index (χ0) is 17.1. The molecular formula is C16H12BrN3O4. The number of carbonyl (C=O) groups is 2. The summed E-state index contributed by atoms with van der Waals surface area (Å²) in [4.78, 5) is 29.9. The number of ether oxygens (including phenoxy) is 1. The largest absolute Gasteiger partial charge is 0.478 e. The second kappa shape index (κ2) is 6.71. The average Bonchev–Trinajstić information content (AvgIpc) is 2.97. The Morgan fingerprint density at radius 1 is 1.25 bits per heavy atom. The molecule has 0 saturated heterocycles. The molecular weight excluding hydrogens is 378 g/mol. The summed E-state index contributed by atoms with van der Waals surface area (Å²) in [6, 6.07) is 12.2. The standard InChI is InChI=1S/C16H12BrN3O4/c17-11-6-10(14(21)22)7-12-13(11)19-15(18-12)20-16(23)24-8-9-4-2-1-3-5-9/h1-7H,8H2,(H,21,22)(H2,18,19,20,23). The van der Waals surface area contributed by atoms with E-state index >= 15 is 0 Å². The van der Waals surface area contributed by atoms with Gasteiger partial charge in [0.2, 0.25) is 5.95 Å². The van der Waals surface area contributed by atoms with Crippen LogP contribution in [0, 0.1) is 0 Å². The number of halogens is 1. The van der Waals surface area contributed by atoms with Crippen molar-refractivity contribution in [2.24, 2.45) is 0 Å². The predicted molar refractivity (Wildman–Crippen MR) is 91.0 cm³/mol. The van der Waals surface area contributed by atoms with Gasteiger partial charge in [-0.15, -0.1) is 0 Å². The lowest BCUT2D eigenvalue weighted by atomic mass is 10.2. The van der Waals surface area contributed by atoms with Gasteiger partial charge in [0.1, 0.15) is 12.1 Å². The van der Waals surface area contributed by atoms with Crippen molar-refractivity contribution in [3.8, 4) is 0 Å². The van der Waals surface area contributed by atoms with E-state index in [1.165, 1.54) is 12.1 Å². The molecule has 3 rings (SSSR count). The van der Waals surface area contributed by atoms with Crippen LogP contribution in [0.2, 0.25) is 0 Å². The number of carboxylic acid groups (broad SMARTS) is 1. The highest BCUT2D eigenvalue weighted by atomic mass is 79.9. The summed E-state index contributed by atoms with van der Waals surface area (Å²) in [5.41, 5.74) is 1.97. The van der Waals surface area contributed by atoms with Gasteiger partial charge in [0.15, 0.2) is 0 Å². The number of aromatic amines is 1. The Bertz CT molecular complexity index is 908. The molecule has 0 bridgehead atoms. The number of rotatable bonds is 4. The van der Waals surface area contributed by atoms with Gasteiger partial charge < -0.3 is 14.8 Å². The van der Waals surface area contributed by atoms with Gasteiger partial charge in [0, 0.05) is 4.47 Å². The van der Waals surface area contributed by atoms with Crippen LogP contribution in [0.25, 0.3) is 11.0 Å². The molecule has 1 amide bonds. The molecule has 0 unspecified atom stereocenters. The van der Waals surface area contributed by atoms with Crippen molar-refractivity contribution >= 4 is 45.0 Å². The Kier molecular flexibility index (Phi) is 4.48. The second-order valence-corrected chi connectivity index (χ2v) is 5.79. The maximum Gasteiger partial charge on any atom is 0.414 e. The van der Waals surface area contributed by atoms with Crippen LogP contribution in [0.4, 0.5) is 10.7 Å². The highest BCUT2D eigenvalue weighted by Crippen LogP contribution is 2.25. The summed E-state index contributed by atoms with van der Waals surface area (Å²) in [7, 11) is 0. The maximum atomic E-state index is 11.8. The number of carbonyl (C=O) groups excluding carboxylic acids is 1. The fourth-order valence-electron chi connectivity index (χ4n) is 2.11. The molecule has 1 heterocycles. The first-order valence-electron chi connectivity index (χ1n) is 6.93. The van der Waals surface area contributed by atoms with Crippen LogP contribution in [-0.4, -0.2) is 27.1 Å². The molecule has 0 saturated carbocycles. The van der Waals surface area contributed by atoms with Crippen molar-refractivity contribution in [1.29, 1.82) is 0 Å². The number of fused-ring (bicyclic) bond motifs is 1. The van der Waals surface area contributed by atoms with E-state index in [1.807, 2.05) is 30.3 Å². The first kappa shape index (κ1) is 16.0. The Balaban J connectivity index is 1.72. The molecule has 122 valence electrons. The van der Waals surface area contributed by atoms with Gasteiger partial charge in [-0.25, -0.2) is 14.6 Å². The molecule has 2 aromatic carbocycles. The predicted octanol–water partition coefficient (Wildman–Crippen LogP) is 3.77. The molecule has 7 nitrogen and oxygen atoms in total. The van der Waals surface area contributed by atoms with Crippen molar-refractivity contribution in [3.63, 3.8) is 0 Å². The summed E-state index contributed by atoms with van der Waals surface area (Å²) in [6.45, 7) is 0.139. The topological polar surface area (TPSA) is 104 Å². The van der Waals surface area contributed by atoms with Gasteiger partial charge in [0.25, 0.3) is 0 Å². The van der Waals surface area contributed by atoms with Gasteiger partial charge in [-0.3, -0.25) is 5.32 Å². The minimum Gasteiger partial charge on any atom is -0.478 e. The molecule has 24 heavy (non-hydrogen) atoms. The molecule has 1 aromatic heterocycles. The van der Waals surface area contributed by atoms with E-state index < -0.39 is 12.1 Å². The number of aromatic carboxylic acids is 1. The van der Waals surface area contributed by atoms with Crippen molar-refractivity contribution in [2.75, 3.05) is 5.32 Å². The van der Waals surface area contributed by atoms with Crippen LogP contribution >= 0.6 is 15.9 Å². The molecule has 3 N–H and O–H groups in total. The van der Waals surface area contributed by atoms with Gasteiger partial charge in [-0.2, -0.15) is 0 Å². The number of aromatic nitrogens is 2. The smallest absolute Gasteiger partial charge is 0.414 e. The summed E-state index contributed by atoms with van der Waals surface area (Å²) in [5, 5.41) is 11.5. The van der Waals surface area contributed by atoms with Crippen molar-refractivity contribution in [2.45, 2.75) is 6.61 Å². The van der Waals surface area contributed by atoms with E-state index in [0.29, 0.717) is 15.5 Å². The lowest BCUT2D eigenvalue weighted by molar-refractivity contribution is 0.0697. The number of nitrogens with zero attached hydrogens (tertiary/aromatic N) is 1. The first-order chi connectivity index (χ1) is 11.5. The van der Waals surface area contributed by atoms with Crippen LogP contribution in [0.15, 0.2) is 46.9 Å². The number of carboxylic acids is 1. The van der Waals surface area contributed by atoms with E-state index in [-0.39, 0.29) is 18.1 Å². The summed E-state index contributed by atoms with van der Waals surface area (Å²) in [5.74, 6) is -0.879. The van der Waals surface area contributed by atoms with Crippen LogP contribution in [0.3, 0.4) is 0 Å². The minimum atomic E-state index is -1.05. The fourth-order valence-corrected chi connectivity index (χ4v) is 2.66. The monoisotopic (exact) mass is 389 g/mol. The maximum absolute atomic E-state index is 11.8. The van der Waals surface area contributed by atoms with E-state index in [2.05, 4.69) is 31.2 Å². The highest BCUT2D eigenvalue weighted by molar-refractivity contribution is 9.10. The van der Waals surface area contributed by atoms with E-state index in [4.69, 9.17) is 9.84 Å². The van der Waals surface area contributed by atoms with E-state index in [9.17, 15) is 9.59 Å². The molecule has 0 fully saturated rings. The van der Waals surface area contributed by atoms with E-state index in [1.54, 1.807) is 0 Å². The number of imidazole rings is 1. The van der Waals surface area contributed by atoms with Gasteiger partial charge in [-0.1, -0.05) is 30.3 Å². The Morgan fingerprint density at radius 3 is 2.71 bits per heavy atom. The zero-order valence-electron chi connectivity index (χ0n) is 12.2. The second-order valence-electron chi connectivity index (χ2n) is 4.93. The van der Waals surface area contributed by atoms with Gasteiger partial charge in [0.05, 0.1) is 11.1 Å². The number of H-pyrrole nitrogens is 1. The summed E-state index contributed by atoms with van der Waals surface area (Å²) in [6.07, 6.45) is -0.660. The number of anilines is 1. The van der Waals surface area contributed by atoms with Gasteiger partial charge in [-0.05, 0) is 33.6 Å².